The molecule has 3 aliphatic rings. The molecule has 0 radical (unpaired) electrons. The first-order valence-electron chi connectivity index (χ1n) is 16.1. The van der Waals surface area contributed by atoms with Crippen LogP contribution in [0, 0.1) is 15.5 Å². The Bertz CT molecular complexity index is 2020. The third-order valence-electron chi connectivity index (χ3n) is 9.61. The number of ether oxygens (including phenoxy) is 1. The van der Waals surface area contributed by atoms with Crippen molar-refractivity contribution in [3.05, 3.63) is 76.5 Å². The first kappa shape index (κ1) is 32.7. The fourth-order valence-electron chi connectivity index (χ4n) is 7.13. The summed E-state index contributed by atoms with van der Waals surface area (Å²) in [6.45, 7) is 3.09. The zero-order valence-corrected chi connectivity index (χ0v) is 27.3. The number of nitro groups is 1. The van der Waals surface area contributed by atoms with Crippen molar-refractivity contribution in [3.63, 3.8) is 0 Å². The van der Waals surface area contributed by atoms with E-state index in [1.165, 1.54) is 18.2 Å². The number of piperidine rings is 1. The standard InChI is InChI=1S/C33H35F2N7O6S/c34-33(35)20-32(21-33)9-14-40(15-10-32)16-12-36-25-7-6-23(19-27(25)42(44)45)49(46,47)39-30(43)24-4-1-2-5-26(24)41-13-3-17-48-31-28(41)18-22-8-11-37-29(22)38-31/h1-2,4-8,11,18-19,36H,3,9-10,12-17,20-21H2,(H,37,38)(H,39,43). The van der Waals surface area contributed by atoms with Gasteiger partial charge in [-0.1, -0.05) is 12.1 Å². The lowest BCUT2D eigenvalue weighted by molar-refractivity contribution is -0.384. The molecule has 0 bridgehead atoms. The third-order valence-corrected chi connectivity index (χ3v) is 10.9. The molecule has 1 aliphatic carbocycles. The number of nitrogens with one attached hydrogen (secondary N) is 3. The number of likely N-dealkylation sites (tertiary alicyclic amines) is 1. The highest BCUT2D eigenvalue weighted by Gasteiger charge is 2.56. The molecular weight excluding hydrogens is 660 g/mol. The molecule has 49 heavy (non-hydrogen) atoms. The fourth-order valence-corrected chi connectivity index (χ4v) is 8.12. The first-order valence-corrected chi connectivity index (χ1v) is 17.6. The van der Waals surface area contributed by atoms with E-state index in [1.54, 1.807) is 24.4 Å². The molecule has 1 saturated carbocycles. The van der Waals surface area contributed by atoms with Gasteiger partial charge in [0.2, 0.25) is 11.8 Å². The smallest absolute Gasteiger partial charge is 0.293 e. The number of hydrogen-bond acceptors (Lipinski definition) is 10. The van der Waals surface area contributed by atoms with Gasteiger partial charge in [-0.2, -0.15) is 4.98 Å². The molecule has 1 saturated heterocycles. The molecule has 0 unspecified atom stereocenters. The molecule has 4 heterocycles. The number of benzene rings is 2. The van der Waals surface area contributed by atoms with Gasteiger partial charge in [0.1, 0.15) is 17.0 Å². The van der Waals surface area contributed by atoms with Gasteiger partial charge in [-0.05, 0) is 74.2 Å². The van der Waals surface area contributed by atoms with Gasteiger partial charge in [0.15, 0.2) is 0 Å². The Labute approximate surface area is 280 Å². The van der Waals surface area contributed by atoms with Crippen LogP contribution >= 0.6 is 0 Å². The van der Waals surface area contributed by atoms with E-state index >= 15 is 0 Å². The quantitative estimate of drug-likeness (QED) is 0.152. The minimum atomic E-state index is -4.52. The highest BCUT2D eigenvalue weighted by atomic mass is 32.2. The highest BCUT2D eigenvalue weighted by molar-refractivity contribution is 7.90. The van der Waals surface area contributed by atoms with Crippen LogP contribution in [0.4, 0.5) is 31.5 Å². The van der Waals surface area contributed by atoms with E-state index < -0.39 is 37.4 Å². The Balaban J connectivity index is 1.04. The van der Waals surface area contributed by atoms with Gasteiger partial charge in [-0.15, -0.1) is 0 Å². The number of amides is 1. The number of aromatic amines is 1. The molecule has 0 atom stereocenters. The van der Waals surface area contributed by atoms with Crippen molar-refractivity contribution in [2.24, 2.45) is 5.41 Å². The SMILES string of the molecule is O=C(NS(=O)(=O)c1ccc(NCCN2CCC3(CC2)CC(F)(F)C3)c([N+](=O)[O-])c1)c1ccccc1N1CCCOc2nc3[nH]ccc3cc21. The number of para-hydroxylation sites is 1. The first-order chi connectivity index (χ1) is 23.4. The number of carbonyl (C=O) groups is 1. The van der Waals surface area contributed by atoms with Crippen LogP contribution in [0.15, 0.2) is 65.7 Å². The van der Waals surface area contributed by atoms with Crippen molar-refractivity contribution < 1.29 is 31.7 Å². The summed E-state index contributed by atoms with van der Waals surface area (Å²) in [5, 5.41) is 15.8. The number of aromatic nitrogens is 2. The van der Waals surface area contributed by atoms with E-state index in [9.17, 15) is 32.1 Å². The van der Waals surface area contributed by atoms with E-state index in [-0.39, 0.29) is 29.5 Å². The zero-order valence-electron chi connectivity index (χ0n) is 26.5. The number of halogens is 2. The Morgan fingerprint density at radius 2 is 1.84 bits per heavy atom. The Morgan fingerprint density at radius 1 is 1.06 bits per heavy atom. The Kier molecular flexibility index (Phi) is 8.39. The average molecular weight is 696 g/mol. The molecule has 16 heteroatoms. The molecule has 4 aromatic rings. The number of fused-ring (bicyclic) bond motifs is 2. The maximum absolute atomic E-state index is 13.6. The second-order valence-corrected chi connectivity index (χ2v) is 14.6. The van der Waals surface area contributed by atoms with Crippen LogP contribution in [0.25, 0.3) is 11.0 Å². The monoisotopic (exact) mass is 695 g/mol. The number of nitro benzene ring substituents is 1. The number of rotatable bonds is 9. The minimum Gasteiger partial charge on any atom is -0.476 e. The summed E-state index contributed by atoms with van der Waals surface area (Å²) in [4.78, 5) is 36.0. The number of anilines is 3. The molecule has 2 aromatic heterocycles. The summed E-state index contributed by atoms with van der Waals surface area (Å²) >= 11 is 0. The van der Waals surface area contributed by atoms with E-state index in [0.29, 0.717) is 81.5 Å². The lowest BCUT2D eigenvalue weighted by atomic mass is 9.61. The Morgan fingerprint density at radius 3 is 2.59 bits per heavy atom. The van der Waals surface area contributed by atoms with Crippen molar-refractivity contribution in [1.82, 2.24) is 19.6 Å². The summed E-state index contributed by atoms with van der Waals surface area (Å²) in [7, 11) is -4.52. The van der Waals surface area contributed by atoms with E-state index in [4.69, 9.17) is 4.74 Å². The minimum absolute atomic E-state index is 0.0574. The number of nitrogens with zero attached hydrogens (tertiary/aromatic N) is 4. The molecule has 2 fully saturated rings. The van der Waals surface area contributed by atoms with Crippen LogP contribution in [-0.4, -0.2) is 79.4 Å². The van der Waals surface area contributed by atoms with E-state index in [0.717, 1.165) is 11.5 Å². The van der Waals surface area contributed by atoms with E-state index in [1.807, 2.05) is 17.0 Å². The molecule has 2 aromatic carbocycles. The molecule has 13 nitrogen and oxygen atoms in total. The molecule has 2 aliphatic heterocycles. The predicted octanol–water partition coefficient (Wildman–Crippen LogP) is 5.43. The molecule has 1 amide bonds. The van der Waals surface area contributed by atoms with Crippen molar-refractivity contribution in [1.29, 1.82) is 0 Å². The largest absolute Gasteiger partial charge is 0.476 e. The van der Waals surface area contributed by atoms with Crippen LogP contribution in [0.3, 0.4) is 0 Å². The van der Waals surface area contributed by atoms with Crippen molar-refractivity contribution in [2.45, 2.75) is 42.9 Å². The van der Waals surface area contributed by atoms with Gasteiger partial charge >= 0.3 is 0 Å². The van der Waals surface area contributed by atoms with Gasteiger partial charge < -0.3 is 24.8 Å². The lowest BCUT2D eigenvalue weighted by Gasteiger charge is -2.51. The third kappa shape index (κ3) is 6.62. The summed E-state index contributed by atoms with van der Waals surface area (Å²) in [6, 6.07) is 13.7. The number of sulfonamides is 1. The Hall–Kier alpha value is -4.83. The van der Waals surface area contributed by atoms with Crippen molar-refractivity contribution in [2.75, 3.05) is 49.5 Å². The average Bonchev–Trinajstić information content (AvgIpc) is 3.42. The summed E-state index contributed by atoms with van der Waals surface area (Å²) in [6.07, 6.45) is 3.65. The molecule has 7 rings (SSSR count). The van der Waals surface area contributed by atoms with Crippen LogP contribution in [0.5, 0.6) is 5.88 Å². The molecule has 258 valence electrons. The second-order valence-electron chi connectivity index (χ2n) is 12.9. The fraction of sp³-hybridized carbons (Fsp3) is 0.394. The van der Waals surface area contributed by atoms with Crippen LogP contribution in [-0.2, 0) is 10.0 Å². The van der Waals surface area contributed by atoms with Gasteiger partial charge in [-0.25, -0.2) is 21.9 Å². The highest BCUT2D eigenvalue weighted by Crippen LogP contribution is 2.57. The van der Waals surface area contributed by atoms with Gasteiger partial charge in [0.05, 0.1) is 27.7 Å². The topological polar surface area (TPSA) is 163 Å². The normalized spacial score (nSPS) is 18.6. The number of hydrogen-bond donors (Lipinski definition) is 3. The molecule has 1 spiro atoms. The molecule has 3 N–H and O–H groups in total. The summed E-state index contributed by atoms with van der Waals surface area (Å²) < 4.78 is 61.7. The van der Waals surface area contributed by atoms with Crippen molar-refractivity contribution >= 4 is 49.7 Å². The van der Waals surface area contributed by atoms with Gasteiger partial charge in [-0.3, -0.25) is 14.9 Å². The van der Waals surface area contributed by atoms with Crippen molar-refractivity contribution in [3.8, 4) is 5.88 Å². The summed E-state index contributed by atoms with van der Waals surface area (Å²) in [5.41, 5.74) is 1.18. The predicted molar refractivity (Wildman–Crippen MR) is 178 cm³/mol. The van der Waals surface area contributed by atoms with Crippen LogP contribution in [0.1, 0.15) is 42.5 Å². The number of pyridine rings is 1. The van der Waals surface area contributed by atoms with E-state index in [2.05, 4.69) is 24.9 Å². The number of alkyl halides is 2. The zero-order chi connectivity index (χ0) is 34.4. The van der Waals surface area contributed by atoms with Gasteiger partial charge in [0.25, 0.3) is 21.6 Å². The molecular formula is C33H35F2N7O6S. The number of H-pyrrole nitrogens is 1. The van der Waals surface area contributed by atoms with Crippen LogP contribution < -0.4 is 19.7 Å². The maximum atomic E-state index is 13.6. The maximum Gasteiger partial charge on any atom is 0.293 e. The summed E-state index contributed by atoms with van der Waals surface area (Å²) in [5.74, 6) is -3.09. The lowest BCUT2D eigenvalue weighted by Crippen LogP contribution is -2.52. The van der Waals surface area contributed by atoms with Gasteiger partial charge in [0, 0.05) is 50.1 Å². The van der Waals surface area contributed by atoms with Crippen LogP contribution in [0.2, 0.25) is 0 Å². The number of carbonyl (C=O) groups excluding carboxylic acids is 1. The second kappa shape index (κ2) is 12.6.